The van der Waals surface area contributed by atoms with Crippen LogP contribution in [-0.4, -0.2) is 67.1 Å². The van der Waals surface area contributed by atoms with Crippen molar-refractivity contribution in [3.63, 3.8) is 0 Å². The molecule has 0 saturated heterocycles. The molecule has 2 N–H and O–H groups in total. The van der Waals surface area contributed by atoms with E-state index in [9.17, 15) is 65.5 Å². The molecule has 0 aromatic heterocycles. The number of halogens is 13. The molecule has 0 aliphatic carbocycles. The van der Waals surface area contributed by atoms with Crippen molar-refractivity contribution in [2.75, 3.05) is 13.1 Å². The summed E-state index contributed by atoms with van der Waals surface area (Å²) in [7, 11) is -7.60. The van der Waals surface area contributed by atoms with Crippen LogP contribution >= 0.6 is 0 Å². The normalized spacial score (nSPS) is 15.5. The van der Waals surface area contributed by atoms with Crippen molar-refractivity contribution in [1.29, 1.82) is 0 Å². The summed E-state index contributed by atoms with van der Waals surface area (Å²) in [5.41, 5.74) is 0. The number of hydrogen-bond acceptors (Lipinski definition) is 3. The fourth-order valence-electron chi connectivity index (χ4n) is 1.49. The lowest BCUT2D eigenvalue weighted by Crippen LogP contribution is -2.72. The summed E-state index contributed by atoms with van der Waals surface area (Å²) in [5.74, 6) is -38.8. The second-order valence-electron chi connectivity index (χ2n) is 5.76. The first kappa shape index (κ1) is 32.6. The first-order valence-electron chi connectivity index (χ1n) is 7.66. The van der Waals surface area contributed by atoms with Gasteiger partial charge in [-0.2, -0.15) is 61.1 Å². The van der Waals surface area contributed by atoms with Gasteiger partial charge in [-0.15, -0.1) is 13.2 Å². The van der Waals surface area contributed by atoms with Crippen LogP contribution in [0.15, 0.2) is 25.3 Å². The topological polar surface area (TPSA) is 66.4 Å². The highest BCUT2D eigenvalue weighted by Gasteiger charge is 2.92. The summed E-state index contributed by atoms with van der Waals surface area (Å²) in [6.07, 6.45) is -0.701. The van der Waals surface area contributed by atoms with Gasteiger partial charge in [0.15, 0.2) is 6.17 Å². The molecule has 18 heteroatoms. The Morgan fingerprint density at radius 2 is 1.09 bits per heavy atom. The van der Waals surface area contributed by atoms with Gasteiger partial charge in [0, 0.05) is 13.1 Å². The van der Waals surface area contributed by atoms with Gasteiger partial charge in [-0.1, -0.05) is 12.2 Å². The van der Waals surface area contributed by atoms with Gasteiger partial charge in [-0.25, -0.2) is 4.39 Å². The third-order valence-electron chi connectivity index (χ3n) is 3.37. The van der Waals surface area contributed by atoms with E-state index in [1.165, 1.54) is 0 Å². The van der Waals surface area contributed by atoms with Gasteiger partial charge < -0.3 is 5.32 Å². The summed E-state index contributed by atoms with van der Waals surface area (Å²) in [4.78, 5) is 0. The maximum absolute atomic E-state index is 13.0. The van der Waals surface area contributed by atoms with E-state index in [1.54, 1.807) is 0 Å². The average molecular weight is 525 g/mol. The van der Waals surface area contributed by atoms with E-state index >= 15 is 0 Å². The quantitative estimate of drug-likeness (QED) is 0.174. The summed E-state index contributed by atoms with van der Waals surface area (Å²) in [5, 5.41) is -4.45. The van der Waals surface area contributed by atoms with Crippen molar-refractivity contribution < 1.29 is 70.0 Å². The Labute approximate surface area is 172 Å². The zero-order valence-electron chi connectivity index (χ0n) is 15.6. The molecule has 1 atom stereocenters. The molecule has 0 aliphatic heterocycles. The van der Waals surface area contributed by atoms with E-state index in [0.29, 0.717) is 0 Å². The van der Waals surface area contributed by atoms with E-state index in [0.717, 1.165) is 13.1 Å². The zero-order chi connectivity index (χ0) is 26.6. The largest absolute Gasteiger partial charge is 0.438 e. The summed E-state index contributed by atoms with van der Waals surface area (Å²) < 4.78 is 195. The van der Waals surface area contributed by atoms with Crippen molar-refractivity contribution in [1.82, 2.24) is 5.32 Å². The molecule has 1 unspecified atom stereocenters. The molecule has 0 radical (unpaired) electrons. The molecule has 0 amide bonds. The minimum Gasteiger partial charge on any atom is -0.310 e. The molecule has 0 saturated carbocycles. The molecular formula is C14H16F13NO3S. The van der Waals surface area contributed by atoms with Gasteiger partial charge in [0.25, 0.3) is 0 Å². The number of alkyl halides is 13. The first-order chi connectivity index (χ1) is 13.9. The van der Waals surface area contributed by atoms with Gasteiger partial charge in [0.2, 0.25) is 0 Å². The van der Waals surface area contributed by atoms with E-state index in [2.05, 4.69) is 18.5 Å². The van der Waals surface area contributed by atoms with Crippen LogP contribution in [0.25, 0.3) is 0 Å². The fraction of sp³-hybridized carbons (Fsp3) is 0.714. The van der Waals surface area contributed by atoms with Crippen LogP contribution < -0.4 is 5.32 Å². The maximum atomic E-state index is 13.0. The van der Waals surface area contributed by atoms with Gasteiger partial charge in [-0.05, 0) is 6.92 Å². The molecule has 0 bridgehead atoms. The molecule has 0 aromatic carbocycles. The Morgan fingerprint density at radius 3 is 1.34 bits per heavy atom. The van der Waals surface area contributed by atoms with E-state index < -0.39 is 58.1 Å². The molecule has 0 fully saturated rings. The third kappa shape index (κ3) is 5.49. The zero-order valence-corrected chi connectivity index (χ0v) is 16.5. The predicted molar refractivity (Wildman–Crippen MR) is 85.1 cm³/mol. The maximum Gasteiger partial charge on any atom is 0.438 e. The predicted octanol–water partition coefficient (Wildman–Crippen LogP) is 4.95. The number of nitrogens with one attached hydrogen (secondary N) is 1. The summed E-state index contributed by atoms with van der Waals surface area (Å²) >= 11 is 0. The highest BCUT2D eigenvalue weighted by Crippen LogP contribution is 2.61. The van der Waals surface area contributed by atoms with Crippen LogP contribution in [-0.2, 0) is 10.1 Å². The van der Waals surface area contributed by atoms with Crippen LogP contribution in [0.4, 0.5) is 57.1 Å². The molecule has 0 rings (SSSR count). The summed E-state index contributed by atoms with van der Waals surface area (Å²) in [6.45, 7) is 8.24. The first-order valence-corrected chi connectivity index (χ1v) is 9.10. The van der Waals surface area contributed by atoms with Crippen LogP contribution in [0.3, 0.4) is 0 Å². The number of hydrogen-bond donors (Lipinski definition) is 2. The Balaban J connectivity index is 0. The van der Waals surface area contributed by atoms with E-state index in [4.69, 9.17) is 4.55 Å². The van der Waals surface area contributed by atoms with E-state index in [-0.39, 0.29) is 0 Å². The van der Waals surface area contributed by atoms with Crippen LogP contribution in [0.1, 0.15) is 6.92 Å². The standard InChI is InChI=1S/C8H5F13O3S.C6H11N/c1-2(9)3(10,11)4(12,13)5(14,15)6(16,17)7(18,19)8(20,21)25(22,23)24;1-3-5-7-6-4-2/h2H,1H3,(H,22,23,24);3-4,7H,1-2,5-6H2. The monoisotopic (exact) mass is 525 g/mol. The Kier molecular flexibility index (Phi) is 10.3. The molecule has 192 valence electrons. The lowest BCUT2D eigenvalue weighted by Gasteiger charge is -2.40. The SMILES string of the molecule is C=CCNCC=C.CC(F)C(F)(F)C(F)(F)C(F)(F)C(F)(F)C(F)(F)C(F)(F)S(=O)(=O)O. The molecule has 0 spiro atoms. The minimum absolute atomic E-state index is 0.562. The van der Waals surface area contributed by atoms with Crippen molar-refractivity contribution in [2.45, 2.75) is 48.0 Å². The van der Waals surface area contributed by atoms with Crippen molar-refractivity contribution in [2.24, 2.45) is 0 Å². The molecule has 0 heterocycles. The Morgan fingerprint density at radius 1 is 0.781 bits per heavy atom. The Bertz CT molecular complexity index is 743. The van der Waals surface area contributed by atoms with Crippen LogP contribution in [0, 0.1) is 0 Å². The lowest BCUT2D eigenvalue weighted by atomic mass is 9.92. The molecular weight excluding hydrogens is 509 g/mol. The van der Waals surface area contributed by atoms with Crippen LogP contribution in [0.5, 0.6) is 0 Å². The van der Waals surface area contributed by atoms with Crippen molar-refractivity contribution in [3.05, 3.63) is 25.3 Å². The van der Waals surface area contributed by atoms with Gasteiger partial charge in [0.1, 0.15) is 0 Å². The van der Waals surface area contributed by atoms with Crippen LogP contribution in [0.2, 0.25) is 0 Å². The average Bonchev–Trinajstić information content (AvgIpc) is 2.60. The minimum atomic E-state index is -8.19. The molecule has 0 aliphatic rings. The lowest BCUT2D eigenvalue weighted by molar-refractivity contribution is -0.421. The highest BCUT2D eigenvalue weighted by atomic mass is 32.2. The second-order valence-corrected chi connectivity index (χ2v) is 7.23. The third-order valence-corrected chi connectivity index (χ3v) is 4.27. The van der Waals surface area contributed by atoms with Crippen molar-refractivity contribution in [3.8, 4) is 0 Å². The van der Waals surface area contributed by atoms with Gasteiger partial charge in [-0.3, -0.25) is 4.55 Å². The van der Waals surface area contributed by atoms with Gasteiger partial charge in [0.05, 0.1) is 0 Å². The number of rotatable bonds is 11. The van der Waals surface area contributed by atoms with E-state index in [1.807, 2.05) is 12.2 Å². The molecule has 4 nitrogen and oxygen atoms in total. The van der Waals surface area contributed by atoms with Crippen molar-refractivity contribution >= 4 is 10.1 Å². The smallest absolute Gasteiger partial charge is 0.310 e. The van der Waals surface area contributed by atoms with Gasteiger partial charge >= 0.3 is 45.0 Å². The molecule has 0 aromatic rings. The molecule has 32 heavy (non-hydrogen) atoms. The second kappa shape index (κ2) is 10.1. The Hall–Kier alpha value is -1.56. The summed E-state index contributed by atoms with van der Waals surface area (Å²) in [6, 6.07) is 0. The highest BCUT2D eigenvalue weighted by molar-refractivity contribution is 7.87. The fourth-order valence-corrected chi connectivity index (χ4v) is 1.94.